The zero-order valence-corrected chi connectivity index (χ0v) is 13.7. The summed E-state index contributed by atoms with van der Waals surface area (Å²) in [6.07, 6.45) is 3.40. The van der Waals surface area contributed by atoms with E-state index < -0.39 is 0 Å². The van der Waals surface area contributed by atoms with Gasteiger partial charge in [-0.2, -0.15) is 10.2 Å². The summed E-state index contributed by atoms with van der Waals surface area (Å²) in [6.45, 7) is 9.38. The van der Waals surface area contributed by atoms with Crippen molar-refractivity contribution in [2.45, 2.75) is 59.2 Å². The van der Waals surface area contributed by atoms with Crippen molar-refractivity contribution in [2.24, 2.45) is 0 Å². The van der Waals surface area contributed by atoms with Gasteiger partial charge in [0.25, 0.3) is 0 Å². The second kappa shape index (κ2) is 6.85. The van der Waals surface area contributed by atoms with Gasteiger partial charge >= 0.3 is 0 Å². The molecule has 116 valence electrons. The van der Waals surface area contributed by atoms with Crippen LogP contribution in [0.15, 0.2) is 12.4 Å². The van der Waals surface area contributed by atoms with Crippen LogP contribution in [0.4, 0.5) is 0 Å². The first-order valence-corrected chi connectivity index (χ1v) is 7.72. The average Bonchev–Trinajstić information content (AvgIpc) is 3.10. The van der Waals surface area contributed by atoms with Crippen LogP contribution in [-0.2, 0) is 19.4 Å². The molecule has 1 unspecified atom stereocenters. The van der Waals surface area contributed by atoms with Gasteiger partial charge < -0.3 is 5.32 Å². The van der Waals surface area contributed by atoms with Gasteiger partial charge in [0.2, 0.25) is 0 Å². The van der Waals surface area contributed by atoms with E-state index in [1.807, 2.05) is 11.7 Å². The zero-order chi connectivity index (χ0) is 15.4. The molecule has 0 aliphatic rings. The Morgan fingerprint density at radius 2 is 2.05 bits per heavy atom. The number of rotatable bonds is 7. The molecule has 0 aliphatic heterocycles. The first-order chi connectivity index (χ1) is 10.1. The van der Waals surface area contributed by atoms with Crippen LogP contribution in [0.2, 0.25) is 0 Å². The SMILES string of the molecule is CCc1cc(C(Cc2ncnn2C(C)C)NC)n(CC)n1. The molecule has 0 aliphatic carbocycles. The van der Waals surface area contributed by atoms with Crippen LogP contribution in [0.25, 0.3) is 0 Å². The van der Waals surface area contributed by atoms with Crippen molar-refractivity contribution in [3.05, 3.63) is 29.6 Å². The largest absolute Gasteiger partial charge is 0.311 e. The van der Waals surface area contributed by atoms with E-state index in [9.17, 15) is 0 Å². The van der Waals surface area contributed by atoms with Crippen molar-refractivity contribution in [1.82, 2.24) is 29.9 Å². The summed E-state index contributed by atoms with van der Waals surface area (Å²) in [4.78, 5) is 4.42. The molecular weight excluding hydrogens is 264 g/mol. The van der Waals surface area contributed by atoms with Gasteiger partial charge in [-0.1, -0.05) is 6.92 Å². The minimum absolute atomic E-state index is 0.194. The van der Waals surface area contributed by atoms with Crippen LogP contribution in [0.1, 0.15) is 57.0 Å². The minimum atomic E-state index is 0.194. The molecule has 6 nitrogen and oxygen atoms in total. The standard InChI is InChI=1S/C15H26N6/c1-6-12-8-14(20(7-2)19-12)13(16-5)9-15-17-10-18-21(15)11(3)4/h8,10-11,13,16H,6-7,9H2,1-5H3. The Morgan fingerprint density at radius 3 is 2.62 bits per heavy atom. The molecule has 0 saturated heterocycles. The first kappa shape index (κ1) is 15.7. The summed E-state index contributed by atoms with van der Waals surface area (Å²) in [5.41, 5.74) is 2.35. The molecule has 1 N–H and O–H groups in total. The van der Waals surface area contributed by atoms with Crippen molar-refractivity contribution in [3.8, 4) is 0 Å². The third-order valence-electron chi connectivity index (χ3n) is 3.75. The number of nitrogens with one attached hydrogen (secondary N) is 1. The Balaban J connectivity index is 2.27. The highest BCUT2D eigenvalue weighted by atomic mass is 15.3. The van der Waals surface area contributed by atoms with Gasteiger partial charge in [0, 0.05) is 19.0 Å². The topological polar surface area (TPSA) is 60.6 Å². The van der Waals surface area contributed by atoms with E-state index in [1.165, 1.54) is 5.69 Å². The number of nitrogens with zero attached hydrogens (tertiary/aromatic N) is 5. The highest BCUT2D eigenvalue weighted by Gasteiger charge is 2.19. The minimum Gasteiger partial charge on any atom is -0.311 e. The van der Waals surface area contributed by atoms with Crippen molar-refractivity contribution in [1.29, 1.82) is 0 Å². The Morgan fingerprint density at radius 1 is 1.29 bits per heavy atom. The van der Waals surface area contributed by atoms with Crippen LogP contribution >= 0.6 is 0 Å². The van der Waals surface area contributed by atoms with Gasteiger partial charge in [-0.3, -0.25) is 4.68 Å². The third-order valence-corrected chi connectivity index (χ3v) is 3.75. The highest BCUT2D eigenvalue weighted by Crippen LogP contribution is 2.20. The van der Waals surface area contributed by atoms with Crippen molar-refractivity contribution in [3.63, 3.8) is 0 Å². The molecule has 2 aromatic rings. The van der Waals surface area contributed by atoms with Crippen LogP contribution in [0, 0.1) is 0 Å². The molecule has 2 heterocycles. The van der Waals surface area contributed by atoms with Crippen LogP contribution in [0.5, 0.6) is 0 Å². The maximum absolute atomic E-state index is 4.64. The fourth-order valence-corrected chi connectivity index (χ4v) is 2.58. The lowest BCUT2D eigenvalue weighted by molar-refractivity contribution is 0.459. The highest BCUT2D eigenvalue weighted by molar-refractivity contribution is 5.16. The van der Waals surface area contributed by atoms with E-state index in [0.29, 0.717) is 6.04 Å². The average molecular weight is 290 g/mol. The molecule has 2 rings (SSSR count). The van der Waals surface area contributed by atoms with Crippen LogP contribution in [0.3, 0.4) is 0 Å². The number of aromatic nitrogens is 5. The molecule has 0 spiro atoms. The molecule has 0 fully saturated rings. The number of hydrogen-bond donors (Lipinski definition) is 1. The Hall–Kier alpha value is -1.69. The maximum atomic E-state index is 4.64. The van der Waals surface area contributed by atoms with Gasteiger partial charge in [-0.15, -0.1) is 0 Å². The number of aryl methyl sites for hydroxylation is 2. The van der Waals surface area contributed by atoms with Crippen molar-refractivity contribution < 1.29 is 0 Å². The quantitative estimate of drug-likeness (QED) is 0.848. The van der Waals surface area contributed by atoms with E-state index in [2.05, 4.69) is 58.9 Å². The Kier molecular flexibility index (Phi) is 5.12. The van der Waals surface area contributed by atoms with Gasteiger partial charge in [0.15, 0.2) is 0 Å². The summed E-state index contributed by atoms with van der Waals surface area (Å²) < 4.78 is 4.06. The zero-order valence-electron chi connectivity index (χ0n) is 13.7. The van der Waals surface area contributed by atoms with Gasteiger partial charge in [-0.05, 0) is 40.3 Å². The smallest absolute Gasteiger partial charge is 0.138 e. The van der Waals surface area contributed by atoms with Gasteiger partial charge in [0.05, 0.1) is 17.4 Å². The number of likely N-dealkylation sites (N-methyl/N-ethyl adjacent to an activating group) is 1. The lowest BCUT2D eigenvalue weighted by Crippen LogP contribution is -2.24. The molecule has 0 bridgehead atoms. The first-order valence-electron chi connectivity index (χ1n) is 7.72. The lowest BCUT2D eigenvalue weighted by Gasteiger charge is -2.18. The molecular formula is C15H26N6. The molecule has 0 aromatic carbocycles. The molecule has 1 atom stereocenters. The summed E-state index contributed by atoms with van der Waals surface area (Å²) in [6, 6.07) is 2.71. The number of hydrogen-bond acceptors (Lipinski definition) is 4. The molecule has 2 aromatic heterocycles. The lowest BCUT2D eigenvalue weighted by atomic mass is 10.1. The predicted molar refractivity (Wildman–Crippen MR) is 83.2 cm³/mol. The van der Waals surface area contributed by atoms with Crippen molar-refractivity contribution >= 4 is 0 Å². The summed E-state index contributed by atoms with van der Waals surface area (Å²) in [5, 5.41) is 12.3. The molecule has 21 heavy (non-hydrogen) atoms. The van der Waals surface area contributed by atoms with E-state index in [0.717, 1.165) is 30.9 Å². The summed E-state index contributed by atoms with van der Waals surface area (Å²) in [5.74, 6) is 1.01. The summed E-state index contributed by atoms with van der Waals surface area (Å²) in [7, 11) is 1.99. The van der Waals surface area contributed by atoms with E-state index in [1.54, 1.807) is 6.33 Å². The second-order valence-electron chi connectivity index (χ2n) is 5.49. The molecule has 0 radical (unpaired) electrons. The van der Waals surface area contributed by atoms with Gasteiger partial charge in [-0.25, -0.2) is 9.67 Å². The normalized spacial score (nSPS) is 13.0. The second-order valence-corrected chi connectivity index (χ2v) is 5.49. The van der Waals surface area contributed by atoms with E-state index in [-0.39, 0.29) is 6.04 Å². The molecule has 0 amide bonds. The maximum Gasteiger partial charge on any atom is 0.138 e. The van der Waals surface area contributed by atoms with E-state index >= 15 is 0 Å². The van der Waals surface area contributed by atoms with Crippen molar-refractivity contribution in [2.75, 3.05) is 7.05 Å². The van der Waals surface area contributed by atoms with Crippen LogP contribution < -0.4 is 5.32 Å². The monoisotopic (exact) mass is 290 g/mol. The fourth-order valence-electron chi connectivity index (χ4n) is 2.58. The van der Waals surface area contributed by atoms with E-state index in [4.69, 9.17) is 0 Å². The third kappa shape index (κ3) is 3.32. The summed E-state index contributed by atoms with van der Waals surface area (Å²) >= 11 is 0. The van der Waals surface area contributed by atoms with Crippen LogP contribution in [-0.4, -0.2) is 31.6 Å². The Labute approximate surface area is 126 Å². The molecule has 6 heteroatoms. The van der Waals surface area contributed by atoms with Gasteiger partial charge in [0.1, 0.15) is 12.2 Å². The predicted octanol–water partition coefficient (Wildman–Crippen LogP) is 2.14. The fraction of sp³-hybridized carbons (Fsp3) is 0.667. The molecule has 0 saturated carbocycles. The Bertz CT molecular complexity index is 568.